The minimum absolute atomic E-state index is 0.0501. The van der Waals surface area contributed by atoms with Crippen molar-refractivity contribution in [3.8, 4) is 16.9 Å². The smallest absolute Gasteiger partial charge is 0.359 e. The summed E-state index contributed by atoms with van der Waals surface area (Å²) in [6.07, 6.45) is 3.31. The van der Waals surface area contributed by atoms with Gasteiger partial charge in [-0.15, -0.1) is 0 Å². The molecule has 1 saturated carbocycles. The molecule has 2 unspecified atom stereocenters. The molecule has 1 aromatic heterocycles. The maximum Gasteiger partial charge on any atom is 0.359 e. The summed E-state index contributed by atoms with van der Waals surface area (Å²) in [6.45, 7) is 10.8. The third kappa shape index (κ3) is 6.93. The highest BCUT2D eigenvalue weighted by molar-refractivity contribution is 6.99. The summed E-state index contributed by atoms with van der Waals surface area (Å²) < 4.78 is 29.6. The van der Waals surface area contributed by atoms with Crippen LogP contribution in [0.15, 0.2) is 97.1 Å². The van der Waals surface area contributed by atoms with Gasteiger partial charge in [0.2, 0.25) is 0 Å². The van der Waals surface area contributed by atoms with Crippen molar-refractivity contribution in [3.05, 3.63) is 130 Å². The van der Waals surface area contributed by atoms with Gasteiger partial charge < -0.3 is 9.16 Å². The topological polar surface area (TPSA) is 53.4 Å². The third-order valence-corrected chi connectivity index (χ3v) is 15.3. The molecule has 4 aromatic carbocycles. The lowest BCUT2D eigenvalue weighted by Crippen LogP contribution is -2.67. The van der Waals surface area contributed by atoms with Crippen LogP contribution in [0.5, 0.6) is 0 Å². The number of aryl methyl sites for hydroxylation is 1. The maximum atomic E-state index is 14.5. The maximum absolute atomic E-state index is 14.5. The van der Waals surface area contributed by atoms with E-state index in [9.17, 15) is 9.18 Å². The van der Waals surface area contributed by atoms with Crippen LogP contribution in [-0.2, 0) is 9.16 Å². The highest BCUT2D eigenvalue weighted by atomic mass is 35.5. The first kappa shape index (κ1) is 36.1. The molecule has 50 heavy (non-hydrogen) atoms. The van der Waals surface area contributed by atoms with Crippen molar-refractivity contribution < 1.29 is 18.3 Å². The van der Waals surface area contributed by atoms with Gasteiger partial charge in [0.15, 0.2) is 5.69 Å². The second-order valence-corrected chi connectivity index (χ2v) is 19.1. The second kappa shape index (κ2) is 14.8. The van der Waals surface area contributed by atoms with Gasteiger partial charge in [0.05, 0.1) is 23.0 Å². The van der Waals surface area contributed by atoms with Gasteiger partial charge in [-0.1, -0.05) is 117 Å². The Bertz CT molecular complexity index is 1940. The van der Waals surface area contributed by atoms with E-state index in [2.05, 4.69) is 81.4 Å². The quantitative estimate of drug-likeness (QED) is 0.112. The van der Waals surface area contributed by atoms with E-state index >= 15 is 0 Å². The Labute approximate surface area is 305 Å². The van der Waals surface area contributed by atoms with E-state index in [-0.39, 0.29) is 34.4 Å². The molecule has 6 rings (SSSR count). The molecule has 9 heteroatoms. The third-order valence-electron chi connectivity index (χ3n) is 9.73. The molecule has 0 bridgehead atoms. The van der Waals surface area contributed by atoms with Crippen LogP contribution in [0, 0.1) is 12.7 Å². The fourth-order valence-electron chi connectivity index (χ4n) is 7.46. The number of imidazole rings is 1. The molecular formula is C41H43Cl2FN2O3Si. The summed E-state index contributed by atoms with van der Waals surface area (Å²) in [5, 5.41) is 2.78. The van der Waals surface area contributed by atoms with E-state index in [4.69, 9.17) is 37.3 Å². The standard InChI is InChI=1S/C41H43Cl2FN2O3Si/c1-6-48-40(47)37-38(28-21-23-35(44)34(43)25-28)46(36-26-30(42)22-20-27(36)2)39(45-37)29-14-13-15-31(24-29)49-50(41(3,4)5,32-16-9-7-10-17-32)33-18-11-8-12-19-33/h7-12,16-23,25-26,29,31H,6,13-15,24H2,1-5H3. The van der Waals surface area contributed by atoms with Gasteiger partial charge in [-0.05, 0) is 84.4 Å². The summed E-state index contributed by atoms with van der Waals surface area (Å²) in [5.41, 5.74) is 2.91. The fourth-order valence-corrected chi connectivity index (χ4v) is 12.5. The molecule has 260 valence electrons. The second-order valence-electron chi connectivity index (χ2n) is 14.0. The monoisotopic (exact) mass is 728 g/mol. The minimum atomic E-state index is -2.83. The largest absolute Gasteiger partial charge is 0.461 e. The number of benzene rings is 4. The highest BCUT2D eigenvalue weighted by Crippen LogP contribution is 2.44. The number of nitrogens with zero attached hydrogens (tertiary/aromatic N) is 2. The van der Waals surface area contributed by atoms with Crippen LogP contribution in [0.25, 0.3) is 16.9 Å². The number of carbonyl (C=O) groups is 1. The van der Waals surface area contributed by atoms with Crippen molar-refractivity contribution in [2.24, 2.45) is 0 Å². The Kier molecular flexibility index (Phi) is 10.7. The Morgan fingerprint density at radius 2 is 1.60 bits per heavy atom. The molecule has 5 nitrogen and oxygen atoms in total. The fraction of sp³-hybridized carbons (Fsp3) is 0.317. The molecule has 0 aliphatic heterocycles. The molecule has 0 spiro atoms. The first-order valence-corrected chi connectivity index (χ1v) is 19.9. The molecule has 2 atom stereocenters. The van der Waals surface area contributed by atoms with Crippen LogP contribution < -0.4 is 10.4 Å². The van der Waals surface area contributed by atoms with Crippen LogP contribution in [-0.4, -0.2) is 36.5 Å². The number of rotatable bonds is 9. The number of hydrogen-bond donors (Lipinski definition) is 0. The summed E-state index contributed by atoms with van der Waals surface area (Å²) in [7, 11) is -2.83. The predicted octanol–water partition coefficient (Wildman–Crippen LogP) is 10.1. The molecule has 5 aromatic rings. The average molecular weight is 730 g/mol. The average Bonchev–Trinajstić information content (AvgIpc) is 3.51. The van der Waals surface area contributed by atoms with Gasteiger partial charge in [-0.3, -0.25) is 4.57 Å². The Hall–Kier alpha value is -3.75. The number of carbonyl (C=O) groups excluding carboxylic acids is 1. The Morgan fingerprint density at radius 3 is 2.20 bits per heavy atom. The number of esters is 1. The van der Waals surface area contributed by atoms with Crippen LogP contribution in [0.3, 0.4) is 0 Å². The summed E-state index contributed by atoms with van der Waals surface area (Å²) in [6, 6.07) is 31.5. The van der Waals surface area contributed by atoms with Crippen molar-refractivity contribution in [3.63, 3.8) is 0 Å². The van der Waals surface area contributed by atoms with Gasteiger partial charge in [-0.2, -0.15) is 0 Å². The zero-order valence-corrected chi connectivity index (χ0v) is 31.7. The highest BCUT2D eigenvalue weighted by Gasteiger charge is 2.52. The van der Waals surface area contributed by atoms with Crippen LogP contribution in [0.2, 0.25) is 15.1 Å². The number of hydrogen-bond acceptors (Lipinski definition) is 4. The van der Waals surface area contributed by atoms with E-state index in [1.807, 2.05) is 29.7 Å². The SMILES string of the molecule is CCOC(=O)c1nc(C2CCCC(O[Si](c3ccccc3)(c3ccccc3)C(C)(C)C)C2)n(-c2cc(Cl)ccc2C)c1-c1ccc(F)c(Cl)c1. The summed E-state index contributed by atoms with van der Waals surface area (Å²) in [4.78, 5) is 18.7. The van der Waals surface area contributed by atoms with Crippen molar-refractivity contribution >= 4 is 47.9 Å². The van der Waals surface area contributed by atoms with Crippen molar-refractivity contribution in [2.75, 3.05) is 6.61 Å². The van der Waals surface area contributed by atoms with Gasteiger partial charge in [0.25, 0.3) is 8.32 Å². The minimum Gasteiger partial charge on any atom is -0.461 e. The molecular weight excluding hydrogens is 686 g/mol. The lowest BCUT2D eigenvalue weighted by molar-refractivity contribution is 0.0520. The normalized spacial score (nSPS) is 16.7. The molecule has 1 heterocycles. The lowest BCUT2D eigenvalue weighted by Gasteiger charge is -2.46. The lowest BCUT2D eigenvalue weighted by atomic mass is 9.86. The Balaban J connectivity index is 1.52. The predicted molar refractivity (Wildman–Crippen MR) is 203 cm³/mol. The van der Waals surface area contributed by atoms with E-state index in [0.29, 0.717) is 28.5 Å². The molecule has 1 aliphatic rings. The van der Waals surface area contributed by atoms with E-state index < -0.39 is 20.1 Å². The number of ether oxygens (including phenoxy) is 1. The number of aromatic nitrogens is 2. The molecule has 0 saturated heterocycles. The molecule has 1 fully saturated rings. The van der Waals surface area contributed by atoms with Gasteiger partial charge in [-0.25, -0.2) is 14.2 Å². The van der Waals surface area contributed by atoms with Crippen molar-refractivity contribution in [2.45, 2.75) is 77.4 Å². The first-order valence-electron chi connectivity index (χ1n) is 17.2. The summed E-state index contributed by atoms with van der Waals surface area (Å²) >= 11 is 12.9. The van der Waals surface area contributed by atoms with Crippen LogP contribution in [0.1, 0.15) is 81.2 Å². The van der Waals surface area contributed by atoms with Gasteiger partial charge >= 0.3 is 5.97 Å². The zero-order valence-electron chi connectivity index (χ0n) is 29.2. The molecule has 1 aliphatic carbocycles. The number of halogens is 3. The van der Waals surface area contributed by atoms with E-state index in [1.165, 1.54) is 22.5 Å². The first-order chi connectivity index (χ1) is 23.9. The van der Waals surface area contributed by atoms with Crippen LogP contribution in [0.4, 0.5) is 4.39 Å². The van der Waals surface area contributed by atoms with Gasteiger partial charge in [0, 0.05) is 22.6 Å². The van der Waals surface area contributed by atoms with E-state index in [1.54, 1.807) is 13.0 Å². The van der Waals surface area contributed by atoms with Crippen molar-refractivity contribution in [1.29, 1.82) is 0 Å². The molecule has 0 amide bonds. The van der Waals surface area contributed by atoms with Crippen LogP contribution >= 0.6 is 23.2 Å². The zero-order chi connectivity index (χ0) is 35.6. The van der Waals surface area contributed by atoms with Gasteiger partial charge in [0.1, 0.15) is 11.6 Å². The molecule has 0 N–H and O–H groups in total. The molecule has 0 radical (unpaired) electrons. The summed E-state index contributed by atoms with van der Waals surface area (Å²) in [5.74, 6) is -0.458. The Morgan fingerprint density at radius 1 is 0.940 bits per heavy atom. The van der Waals surface area contributed by atoms with E-state index in [0.717, 1.165) is 30.5 Å². The van der Waals surface area contributed by atoms with Crippen molar-refractivity contribution in [1.82, 2.24) is 9.55 Å².